The van der Waals surface area contributed by atoms with Gasteiger partial charge in [-0.05, 0) is 30.0 Å². The largest absolute Gasteiger partial charge is 0.491 e. The van der Waals surface area contributed by atoms with Crippen LogP contribution in [0.3, 0.4) is 0 Å². The number of hydrogen-bond acceptors (Lipinski definition) is 8. The Morgan fingerprint density at radius 2 is 1.44 bits per heavy atom. The Kier molecular flexibility index (Phi) is 11.6. The van der Waals surface area contributed by atoms with E-state index in [1.807, 2.05) is 31.2 Å². The summed E-state index contributed by atoms with van der Waals surface area (Å²) >= 11 is 0. The van der Waals surface area contributed by atoms with Gasteiger partial charge in [0.15, 0.2) is 11.5 Å². The van der Waals surface area contributed by atoms with Gasteiger partial charge in [-0.3, -0.25) is 4.79 Å². The molecule has 0 N–H and O–H groups in total. The van der Waals surface area contributed by atoms with E-state index in [0.29, 0.717) is 67.8 Å². The molecule has 0 atom stereocenters. The predicted octanol–water partition coefficient (Wildman–Crippen LogP) is 4.01. The highest BCUT2D eigenvalue weighted by atomic mass is 16.6. The Labute approximate surface area is 189 Å². The highest BCUT2D eigenvalue weighted by Gasteiger charge is 2.21. The van der Waals surface area contributed by atoms with Crippen LogP contribution in [0, 0.1) is 0 Å². The van der Waals surface area contributed by atoms with Gasteiger partial charge >= 0.3 is 5.97 Å². The van der Waals surface area contributed by atoms with Gasteiger partial charge < -0.3 is 33.2 Å². The van der Waals surface area contributed by atoms with Gasteiger partial charge in [0.2, 0.25) is 5.75 Å². The molecule has 0 aliphatic rings. The lowest BCUT2D eigenvalue weighted by atomic mass is 10.1. The Balaban J connectivity index is 2.51. The molecule has 178 valence electrons. The molecule has 0 aliphatic carbocycles. The molecule has 0 aliphatic heterocycles. The van der Waals surface area contributed by atoms with Crippen LogP contribution in [-0.4, -0.2) is 66.9 Å². The van der Waals surface area contributed by atoms with Gasteiger partial charge in [-0.15, -0.1) is 0 Å². The summed E-state index contributed by atoms with van der Waals surface area (Å²) < 4.78 is 38.7. The number of fused-ring (bicyclic) bond motifs is 1. The maximum Gasteiger partial charge on any atom is 0.311 e. The van der Waals surface area contributed by atoms with Gasteiger partial charge in [0.25, 0.3) is 0 Å². The zero-order valence-electron chi connectivity index (χ0n) is 19.4. The number of unbranched alkanes of at least 4 members (excludes halogenated alkanes) is 1. The summed E-state index contributed by atoms with van der Waals surface area (Å²) in [7, 11) is 4.81. The van der Waals surface area contributed by atoms with E-state index in [1.54, 1.807) is 21.3 Å². The van der Waals surface area contributed by atoms with Crippen LogP contribution in [0.5, 0.6) is 23.0 Å². The predicted molar refractivity (Wildman–Crippen MR) is 121 cm³/mol. The summed E-state index contributed by atoms with van der Waals surface area (Å²) in [6.45, 7) is 4.27. The van der Waals surface area contributed by atoms with Gasteiger partial charge in [0, 0.05) is 33.1 Å². The SMILES string of the molecule is CCCCC(=O)Oc1c(OCCOC)c(OCCOC)cc2ccc(OCCOC)cc12. The fourth-order valence-corrected chi connectivity index (χ4v) is 2.92. The van der Waals surface area contributed by atoms with E-state index in [4.69, 9.17) is 33.2 Å². The van der Waals surface area contributed by atoms with Crippen LogP contribution in [0.1, 0.15) is 26.2 Å². The maximum absolute atomic E-state index is 12.6. The summed E-state index contributed by atoms with van der Waals surface area (Å²) in [6.07, 6.45) is 1.95. The van der Waals surface area contributed by atoms with E-state index in [9.17, 15) is 4.79 Å². The van der Waals surface area contributed by atoms with Crippen LogP contribution >= 0.6 is 0 Å². The van der Waals surface area contributed by atoms with Crippen LogP contribution < -0.4 is 18.9 Å². The second-order valence-corrected chi connectivity index (χ2v) is 7.02. The fraction of sp³-hybridized carbons (Fsp3) is 0.542. The molecule has 8 heteroatoms. The molecule has 0 heterocycles. The third kappa shape index (κ3) is 7.85. The van der Waals surface area contributed by atoms with Gasteiger partial charge in [0.05, 0.1) is 19.8 Å². The zero-order chi connectivity index (χ0) is 23.2. The second-order valence-electron chi connectivity index (χ2n) is 7.02. The number of carbonyl (C=O) groups is 1. The highest BCUT2D eigenvalue weighted by molar-refractivity contribution is 5.96. The Hall–Kier alpha value is -2.55. The third-order valence-electron chi connectivity index (χ3n) is 4.57. The molecule has 2 rings (SSSR count). The molecule has 0 spiro atoms. The van der Waals surface area contributed by atoms with Crippen LogP contribution in [0.4, 0.5) is 0 Å². The van der Waals surface area contributed by atoms with Gasteiger partial charge in [-0.25, -0.2) is 0 Å². The van der Waals surface area contributed by atoms with Crippen molar-refractivity contribution in [1.29, 1.82) is 0 Å². The number of methoxy groups -OCH3 is 3. The van der Waals surface area contributed by atoms with Crippen molar-refractivity contribution in [1.82, 2.24) is 0 Å². The Morgan fingerprint density at radius 1 is 0.781 bits per heavy atom. The first-order valence-corrected chi connectivity index (χ1v) is 10.8. The van der Waals surface area contributed by atoms with Crippen LogP contribution in [0.15, 0.2) is 24.3 Å². The van der Waals surface area contributed by atoms with Gasteiger partial charge in [-0.2, -0.15) is 0 Å². The van der Waals surface area contributed by atoms with Crippen LogP contribution in [0.25, 0.3) is 10.8 Å². The quantitative estimate of drug-likeness (QED) is 0.216. The van der Waals surface area contributed by atoms with E-state index in [1.165, 1.54) is 0 Å². The van der Waals surface area contributed by atoms with Crippen molar-refractivity contribution < 1.29 is 38.0 Å². The molecule has 0 amide bonds. The molecule has 0 unspecified atom stereocenters. The first kappa shape index (κ1) is 25.7. The molecule has 0 bridgehead atoms. The van der Waals surface area contributed by atoms with Crippen LogP contribution in [0.2, 0.25) is 0 Å². The van der Waals surface area contributed by atoms with Crippen molar-refractivity contribution in [3.05, 3.63) is 24.3 Å². The van der Waals surface area contributed by atoms with Crippen molar-refractivity contribution in [3.63, 3.8) is 0 Å². The monoisotopic (exact) mass is 450 g/mol. The topological polar surface area (TPSA) is 81.7 Å². The molecule has 0 aromatic heterocycles. The summed E-state index contributed by atoms with van der Waals surface area (Å²) in [5.74, 6) is 1.44. The molecule has 2 aromatic rings. The van der Waals surface area contributed by atoms with Crippen molar-refractivity contribution in [2.75, 3.05) is 61.0 Å². The molecule has 0 radical (unpaired) electrons. The van der Waals surface area contributed by atoms with Crippen molar-refractivity contribution in [2.45, 2.75) is 26.2 Å². The third-order valence-corrected chi connectivity index (χ3v) is 4.57. The lowest BCUT2D eigenvalue weighted by Gasteiger charge is -2.19. The number of benzene rings is 2. The molecular weight excluding hydrogens is 416 g/mol. The molecule has 0 fully saturated rings. The fourth-order valence-electron chi connectivity index (χ4n) is 2.92. The van der Waals surface area contributed by atoms with E-state index in [0.717, 1.165) is 18.2 Å². The van der Waals surface area contributed by atoms with E-state index < -0.39 is 0 Å². The van der Waals surface area contributed by atoms with Crippen molar-refractivity contribution >= 4 is 16.7 Å². The number of esters is 1. The number of rotatable bonds is 16. The average molecular weight is 451 g/mol. The van der Waals surface area contributed by atoms with Gasteiger partial charge in [-0.1, -0.05) is 19.4 Å². The zero-order valence-corrected chi connectivity index (χ0v) is 19.4. The number of ether oxygens (including phenoxy) is 7. The summed E-state index contributed by atoms with van der Waals surface area (Å²) in [5.41, 5.74) is 0. The normalized spacial score (nSPS) is 10.9. The molecule has 8 nitrogen and oxygen atoms in total. The average Bonchev–Trinajstić information content (AvgIpc) is 2.79. The minimum absolute atomic E-state index is 0.270. The highest BCUT2D eigenvalue weighted by Crippen LogP contribution is 2.45. The summed E-state index contributed by atoms with van der Waals surface area (Å²) in [6, 6.07) is 7.43. The minimum atomic E-state index is -0.329. The first-order valence-electron chi connectivity index (χ1n) is 10.8. The summed E-state index contributed by atoms with van der Waals surface area (Å²) in [4.78, 5) is 12.6. The van der Waals surface area contributed by atoms with E-state index in [-0.39, 0.29) is 12.6 Å². The minimum Gasteiger partial charge on any atom is -0.491 e. The van der Waals surface area contributed by atoms with Crippen molar-refractivity contribution in [2.24, 2.45) is 0 Å². The Morgan fingerprint density at radius 3 is 2.09 bits per heavy atom. The first-order chi connectivity index (χ1) is 15.6. The molecule has 32 heavy (non-hydrogen) atoms. The molecule has 0 saturated carbocycles. The molecule has 2 aromatic carbocycles. The number of carbonyl (C=O) groups excluding carboxylic acids is 1. The van der Waals surface area contributed by atoms with Crippen molar-refractivity contribution in [3.8, 4) is 23.0 Å². The summed E-state index contributed by atoms with van der Waals surface area (Å²) in [5, 5.41) is 1.52. The molecular formula is C24H34O8. The number of hydrogen-bond donors (Lipinski definition) is 0. The molecule has 0 saturated heterocycles. The Bertz CT molecular complexity index is 836. The second kappa shape index (κ2) is 14.5. The lowest BCUT2D eigenvalue weighted by Crippen LogP contribution is -2.13. The van der Waals surface area contributed by atoms with Crippen LogP contribution in [-0.2, 0) is 19.0 Å². The lowest BCUT2D eigenvalue weighted by molar-refractivity contribution is -0.134. The standard InChI is InChI=1S/C24H34O8/c1-5-6-7-22(25)32-23-20-17-19(29-13-10-26-2)9-8-18(20)16-21(30-14-11-27-3)24(23)31-15-12-28-4/h8-9,16-17H,5-7,10-15H2,1-4H3. The van der Waals surface area contributed by atoms with Gasteiger partial charge in [0.1, 0.15) is 25.6 Å². The van der Waals surface area contributed by atoms with E-state index in [2.05, 4.69) is 0 Å². The smallest absolute Gasteiger partial charge is 0.311 e. The van der Waals surface area contributed by atoms with E-state index >= 15 is 0 Å². The maximum atomic E-state index is 12.6.